The SMILES string of the molecule is O[C@@H]1CCN(c2ccc(C#Cc3ccc(-c4ccc(Cl)cc4)cn3)cn2)C1. The Morgan fingerprint density at radius 3 is 2.37 bits per heavy atom. The van der Waals surface area contributed by atoms with E-state index in [9.17, 15) is 5.11 Å². The molecule has 0 unspecified atom stereocenters. The van der Waals surface area contributed by atoms with E-state index in [1.807, 2.05) is 54.7 Å². The Morgan fingerprint density at radius 2 is 1.74 bits per heavy atom. The minimum atomic E-state index is -0.256. The molecule has 0 saturated carbocycles. The molecule has 27 heavy (non-hydrogen) atoms. The lowest BCUT2D eigenvalue weighted by Gasteiger charge is -2.15. The van der Waals surface area contributed by atoms with E-state index in [1.54, 1.807) is 6.20 Å². The summed E-state index contributed by atoms with van der Waals surface area (Å²) >= 11 is 5.92. The number of rotatable bonds is 2. The van der Waals surface area contributed by atoms with Gasteiger partial charge in [0.25, 0.3) is 0 Å². The van der Waals surface area contributed by atoms with Crippen LogP contribution in [0.15, 0.2) is 60.9 Å². The van der Waals surface area contributed by atoms with Crippen LogP contribution in [0.4, 0.5) is 5.82 Å². The van der Waals surface area contributed by atoms with E-state index in [0.29, 0.717) is 12.2 Å². The summed E-state index contributed by atoms with van der Waals surface area (Å²) in [4.78, 5) is 11.0. The predicted octanol–water partition coefficient (Wildman–Crippen LogP) is 3.77. The molecular formula is C22H18ClN3O. The summed E-state index contributed by atoms with van der Waals surface area (Å²) in [6.07, 6.45) is 4.11. The number of aliphatic hydroxyl groups is 1. The normalized spacial score (nSPS) is 16.1. The van der Waals surface area contributed by atoms with Gasteiger partial charge in [-0.25, -0.2) is 9.97 Å². The lowest BCUT2D eigenvalue weighted by Crippen LogP contribution is -2.21. The molecule has 5 heteroatoms. The molecule has 0 spiro atoms. The van der Waals surface area contributed by atoms with Gasteiger partial charge >= 0.3 is 0 Å². The summed E-state index contributed by atoms with van der Waals surface area (Å²) in [6.45, 7) is 1.48. The van der Waals surface area contributed by atoms with E-state index in [4.69, 9.17) is 11.6 Å². The first-order valence-corrected chi connectivity index (χ1v) is 9.18. The Labute approximate surface area is 163 Å². The first-order valence-electron chi connectivity index (χ1n) is 8.80. The number of halogens is 1. The molecule has 0 amide bonds. The Hall–Kier alpha value is -2.87. The highest BCUT2D eigenvalue weighted by Crippen LogP contribution is 2.21. The number of benzene rings is 1. The number of hydrogen-bond acceptors (Lipinski definition) is 4. The maximum atomic E-state index is 9.63. The van der Waals surface area contributed by atoms with Crippen LogP contribution in [-0.2, 0) is 0 Å². The zero-order valence-electron chi connectivity index (χ0n) is 14.6. The van der Waals surface area contributed by atoms with Crippen molar-refractivity contribution in [2.45, 2.75) is 12.5 Å². The highest BCUT2D eigenvalue weighted by atomic mass is 35.5. The molecule has 1 aromatic carbocycles. The number of aliphatic hydroxyl groups excluding tert-OH is 1. The molecule has 1 aliphatic rings. The van der Waals surface area contributed by atoms with E-state index in [0.717, 1.165) is 40.5 Å². The third-order valence-electron chi connectivity index (χ3n) is 4.51. The number of β-amino-alcohol motifs (C(OH)–C–C–N with tert-alkyl or cyclic N) is 1. The van der Waals surface area contributed by atoms with Gasteiger partial charge in [0, 0.05) is 41.6 Å². The fourth-order valence-corrected chi connectivity index (χ4v) is 3.14. The van der Waals surface area contributed by atoms with Crippen LogP contribution in [-0.4, -0.2) is 34.3 Å². The van der Waals surface area contributed by atoms with Crippen molar-refractivity contribution in [2.75, 3.05) is 18.0 Å². The van der Waals surface area contributed by atoms with Crippen LogP contribution >= 0.6 is 11.6 Å². The van der Waals surface area contributed by atoms with Gasteiger partial charge in [0.1, 0.15) is 11.5 Å². The number of anilines is 1. The fraction of sp³-hybridized carbons (Fsp3) is 0.182. The van der Waals surface area contributed by atoms with Gasteiger partial charge in [-0.1, -0.05) is 35.7 Å². The molecule has 1 atom stereocenters. The monoisotopic (exact) mass is 375 g/mol. The summed E-state index contributed by atoms with van der Waals surface area (Å²) in [7, 11) is 0. The van der Waals surface area contributed by atoms with Crippen molar-refractivity contribution in [3.05, 3.63) is 77.2 Å². The zero-order chi connectivity index (χ0) is 18.6. The van der Waals surface area contributed by atoms with Crippen molar-refractivity contribution in [3.8, 4) is 23.0 Å². The molecule has 134 valence electrons. The largest absolute Gasteiger partial charge is 0.391 e. The molecule has 4 rings (SSSR count). The predicted molar refractivity (Wildman–Crippen MR) is 108 cm³/mol. The highest BCUT2D eigenvalue weighted by molar-refractivity contribution is 6.30. The van der Waals surface area contributed by atoms with E-state index in [1.165, 1.54) is 0 Å². The van der Waals surface area contributed by atoms with Crippen molar-refractivity contribution in [1.82, 2.24) is 9.97 Å². The van der Waals surface area contributed by atoms with Gasteiger partial charge in [0.05, 0.1) is 6.10 Å². The average Bonchev–Trinajstić information content (AvgIpc) is 3.14. The molecule has 3 heterocycles. The van der Waals surface area contributed by atoms with Gasteiger partial charge in [-0.15, -0.1) is 0 Å². The maximum Gasteiger partial charge on any atom is 0.128 e. The quantitative estimate of drug-likeness (QED) is 0.693. The van der Waals surface area contributed by atoms with Gasteiger partial charge < -0.3 is 10.0 Å². The summed E-state index contributed by atoms with van der Waals surface area (Å²) in [5.74, 6) is 7.04. The van der Waals surface area contributed by atoms with Crippen molar-refractivity contribution >= 4 is 17.4 Å². The van der Waals surface area contributed by atoms with Crippen LogP contribution in [0.2, 0.25) is 5.02 Å². The Bertz CT molecular complexity index is 973. The van der Waals surface area contributed by atoms with E-state index in [-0.39, 0.29) is 6.10 Å². The Kier molecular flexibility index (Phi) is 5.06. The van der Waals surface area contributed by atoms with Crippen LogP contribution in [0.3, 0.4) is 0 Å². The molecule has 4 nitrogen and oxygen atoms in total. The molecule has 1 saturated heterocycles. The average molecular weight is 376 g/mol. The molecule has 1 fully saturated rings. The standard InChI is InChI=1S/C22H18ClN3O/c23-19-6-3-17(4-7-19)18-5-9-20(24-14-18)8-1-16-2-10-22(25-13-16)26-12-11-21(27)15-26/h2-7,9-10,13-14,21,27H,11-12,15H2/t21-/m1/s1. The van der Waals surface area contributed by atoms with Crippen LogP contribution < -0.4 is 4.90 Å². The minimum absolute atomic E-state index is 0.256. The molecular weight excluding hydrogens is 358 g/mol. The van der Waals surface area contributed by atoms with Crippen molar-refractivity contribution in [3.63, 3.8) is 0 Å². The number of aromatic nitrogens is 2. The smallest absolute Gasteiger partial charge is 0.128 e. The van der Waals surface area contributed by atoms with E-state index < -0.39 is 0 Å². The Morgan fingerprint density at radius 1 is 0.926 bits per heavy atom. The molecule has 1 N–H and O–H groups in total. The third kappa shape index (κ3) is 4.28. The van der Waals surface area contributed by atoms with Gasteiger partial charge in [-0.2, -0.15) is 0 Å². The topological polar surface area (TPSA) is 49.2 Å². The molecule has 0 bridgehead atoms. The lowest BCUT2D eigenvalue weighted by atomic mass is 10.1. The first kappa shape index (κ1) is 17.5. The van der Waals surface area contributed by atoms with Crippen LogP contribution in [0, 0.1) is 11.8 Å². The van der Waals surface area contributed by atoms with Gasteiger partial charge in [-0.05, 0) is 48.2 Å². The van der Waals surface area contributed by atoms with Gasteiger partial charge in [0.15, 0.2) is 0 Å². The van der Waals surface area contributed by atoms with Crippen molar-refractivity contribution in [1.29, 1.82) is 0 Å². The Balaban J connectivity index is 1.45. The minimum Gasteiger partial charge on any atom is -0.391 e. The second-order valence-electron chi connectivity index (χ2n) is 6.48. The summed E-state index contributed by atoms with van der Waals surface area (Å²) < 4.78 is 0. The molecule has 1 aliphatic heterocycles. The number of nitrogens with zero attached hydrogens (tertiary/aromatic N) is 3. The second kappa shape index (κ2) is 7.79. The molecule has 0 radical (unpaired) electrons. The summed E-state index contributed by atoms with van der Waals surface area (Å²) in [5, 5.41) is 10.3. The number of hydrogen-bond donors (Lipinski definition) is 1. The second-order valence-corrected chi connectivity index (χ2v) is 6.92. The molecule has 2 aromatic heterocycles. The van der Waals surface area contributed by atoms with E-state index in [2.05, 4.69) is 26.7 Å². The maximum absolute atomic E-state index is 9.63. The highest BCUT2D eigenvalue weighted by Gasteiger charge is 2.20. The number of pyridine rings is 2. The van der Waals surface area contributed by atoms with Gasteiger partial charge in [-0.3, -0.25) is 0 Å². The van der Waals surface area contributed by atoms with Crippen molar-refractivity contribution in [2.24, 2.45) is 0 Å². The van der Waals surface area contributed by atoms with Crippen LogP contribution in [0.5, 0.6) is 0 Å². The summed E-state index contributed by atoms with van der Waals surface area (Å²) in [6, 6.07) is 15.5. The van der Waals surface area contributed by atoms with Gasteiger partial charge in [0.2, 0.25) is 0 Å². The molecule has 3 aromatic rings. The van der Waals surface area contributed by atoms with Crippen molar-refractivity contribution < 1.29 is 5.11 Å². The lowest BCUT2D eigenvalue weighted by molar-refractivity contribution is 0.198. The van der Waals surface area contributed by atoms with E-state index >= 15 is 0 Å². The first-order chi connectivity index (χ1) is 13.2. The van der Waals surface area contributed by atoms with Crippen LogP contribution in [0.1, 0.15) is 17.7 Å². The summed E-state index contributed by atoms with van der Waals surface area (Å²) in [5.41, 5.74) is 3.63. The van der Waals surface area contributed by atoms with Crippen LogP contribution in [0.25, 0.3) is 11.1 Å². The zero-order valence-corrected chi connectivity index (χ0v) is 15.4. The molecule has 0 aliphatic carbocycles. The fourth-order valence-electron chi connectivity index (χ4n) is 3.01. The third-order valence-corrected chi connectivity index (χ3v) is 4.76.